The molecule has 0 fully saturated rings. The summed E-state index contributed by atoms with van der Waals surface area (Å²) in [5, 5.41) is 3.01. The Bertz CT molecular complexity index is 1510. The van der Waals surface area contributed by atoms with E-state index in [0.717, 1.165) is 0 Å². The van der Waals surface area contributed by atoms with Gasteiger partial charge < -0.3 is 24.8 Å². The summed E-state index contributed by atoms with van der Waals surface area (Å²) in [6.45, 7) is 4.66. The Kier molecular flexibility index (Phi) is 15.5. The first kappa shape index (κ1) is 37.6. The van der Waals surface area contributed by atoms with E-state index in [1.54, 1.807) is 16.7 Å². The van der Waals surface area contributed by atoms with Crippen molar-refractivity contribution >= 4 is 11.1 Å². The fourth-order valence-electron chi connectivity index (χ4n) is 8.46. The van der Waals surface area contributed by atoms with Crippen molar-refractivity contribution in [1.29, 1.82) is 0 Å². The van der Waals surface area contributed by atoms with Crippen molar-refractivity contribution in [2.75, 3.05) is 0 Å². The molecule has 3 aliphatic carbocycles. The molecule has 3 atom stereocenters. The van der Waals surface area contributed by atoms with Crippen molar-refractivity contribution in [3.05, 3.63) is 119 Å². The van der Waals surface area contributed by atoms with Gasteiger partial charge in [0.1, 0.15) is 0 Å². The summed E-state index contributed by atoms with van der Waals surface area (Å²) in [6, 6.07) is 28.1. The molecule has 0 bridgehead atoms. The van der Waals surface area contributed by atoms with Crippen molar-refractivity contribution in [2.24, 2.45) is 17.8 Å². The summed E-state index contributed by atoms with van der Waals surface area (Å²) in [4.78, 5) is 0. The molecule has 3 aromatic rings. The zero-order chi connectivity index (χ0) is 28.7. The Labute approximate surface area is 300 Å². The van der Waals surface area contributed by atoms with E-state index in [2.05, 4.69) is 111 Å². The number of benzene rings is 3. The quantitative estimate of drug-likeness (QED) is 0.165. The number of halogens is 2. The van der Waals surface area contributed by atoms with Gasteiger partial charge in [-0.25, -0.2) is 0 Å². The van der Waals surface area contributed by atoms with Gasteiger partial charge in [-0.15, -0.1) is 0 Å². The van der Waals surface area contributed by atoms with Gasteiger partial charge >= 0.3 is 21.7 Å². The Morgan fingerprint density at radius 2 is 1.11 bits per heavy atom. The van der Waals surface area contributed by atoms with Crippen LogP contribution in [0.2, 0.25) is 0 Å². The van der Waals surface area contributed by atoms with Crippen molar-refractivity contribution < 1.29 is 46.5 Å². The van der Waals surface area contributed by atoms with Crippen LogP contribution in [-0.2, 0) is 21.7 Å². The Morgan fingerprint density at radius 3 is 1.73 bits per heavy atom. The maximum absolute atomic E-state index is 2.50. The summed E-state index contributed by atoms with van der Waals surface area (Å²) in [5.74, 6) is 2.06. The van der Waals surface area contributed by atoms with Crippen LogP contribution in [0.3, 0.4) is 0 Å². The zero-order valence-corrected chi connectivity index (χ0v) is 30.4. The first-order valence-corrected chi connectivity index (χ1v) is 17.2. The van der Waals surface area contributed by atoms with Crippen LogP contribution in [-0.4, -0.2) is 0 Å². The first-order valence-electron chi connectivity index (χ1n) is 17.2. The molecule has 3 heteroatoms. The standard InChI is InChI=1S/C42H50.2ClH.Ti/c1-3-5-7-9-11-25-39(41-35-27-17-13-21-31(35)32-22-14-18-28-36(32)41)40(26-12-10-8-6-4-2)42-37-29-19-15-23-33(37)34-24-16-20-30-38(34)42;;;/h13-24,27-30,35,39-40,42H,3-12,25-26H2,1-2H3;2*1H;/q;;;+2/p-2. The predicted molar refractivity (Wildman–Crippen MR) is 182 cm³/mol. The molecular formula is C42H50Cl2Ti. The van der Waals surface area contributed by atoms with Gasteiger partial charge in [0.2, 0.25) is 0 Å². The van der Waals surface area contributed by atoms with Gasteiger partial charge in [0.05, 0.1) is 0 Å². The van der Waals surface area contributed by atoms with E-state index in [1.165, 1.54) is 104 Å². The molecule has 6 rings (SSSR count). The second-order valence-corrected chi connectivity index (χ2v) is 13.0. The maximum Gasteiger partial charge on any atom is 2.00 e. The molecule has 0 radical (unpaired) electrons. The average Bonchev–Trinajstić information content (AvgIpc) is 3.55. The molecule has 45 heavy (non-hydrogen) atoms. The first-order chi connectivity index (χ1) is 20.8. The monoisotopic (exact) mass is 672 g/mol. The van der Waals surface area contributed by atoms with Gasteiger partial charge in [-0.3, -0.25) is 0 Å². The molecular weight excluding hydrogens is 623 g/mol. The van der Waals surface area contributed by atoms with Crippen LogP contribution in [0.25, 0.3) is 22.3 Å². The van der Waals surface area contributed by atoms with Gasteiger partial charge in [-0.2, -0.15) is 0 Å². The molecule has 0 aromatic heterocycles. The summed E-state index contributed by atoms with van der Waals surface area (Å²) < 4.78 is 0. The van der Waals surface area contributed by atoms with Crippen LogP contribution < -0.4 is 35.3 Å². The van der Waals surface area contributed by atoms with E-state index in [-0.39, 0.29) is 46.5 Å². The smallest absolute Gasteiger partial charge is 1.00 e. The van der Waals surface area contributed by atoms with Crippen LogP contribution in [0.4, 0.5) is 0 Å². The SMILES string of the molecule is CCCCCCCC(C1=c2ccccc2=C2C=CC=CC21)C(CCCCCCC)C1c2ccccc2-c2ccccc21.[Cl-].[Cl-].[Ti+2]. The fourth-order valence-corrected chi connectivity index (χ4v) is 8.46. The molecule has 0 nitrogen and oxygen atoms in total. The molecule has 0 spiro atoms. The van der Waals surface area contributed by atoms with Crippen LogP contribution in [0.5, 0.6) is 0 Å². The predicted octanol–water partition coefficient (Wildman–Crippen LogP) is 4.52. The topological polar surface area (TPSA) is 0 Å². The van der Waals surface area contributed by atoms with Gasteiger partial charge in [0, 0.05) is 11.8 Å². The number of hydrogen-bond donors (Lipinski definition) is 0. The third-order valence-electron chi connectivity index (χ3n) is 10.4. The number of unbranched alkanes of at least 4 members (excludes halogenated alkanes) is 8. The Balaban J connectivity index is 0.00000184. The zero-order valence-electron chi connectivity index (χ0n) is 27.3. The minimum absolute atomic E-state index is 0. The van der Waals surface area contributed by atoms with Gasteiger partial charge in [0.15, 0.2) is 0 Å². The molecule has 0 saturated carbocycles. The van der Waals surface area contributed by atoms with Crippen molar-refractivity contribution in [2.45, 2.75) is 96.8 Å². The number of allylic oxidation sites excluding steroid dienone is 4. The van der Waals surface area contributed by atoms with E-state index in [9.17, 15) is 0 Å². The van der Waals surface area contributed by atoms with E-state index in [4.69, 9.17) is 0 Å². The summed E-state index contributed by atoms with van der Waals surface area (Å²) >= 11 is 0. The molecule has 236 valence electrons. The molecule has 0 saturated heterocycles. The summed E-state index contributed by atoms with van der Waals surface area (Å²) in [5.41, 5.74) is 9.33. The average molecular weight is 674 g/mol. The van der Waals surface area contributed by atoms with Crippen molar-refractivity contribution in [3.63, 3.8) is 0 Å². The number of fused-ring (bicyclic) bond motifs is 5. The van der Waals surface area contributed by atoms with Crippen LogP contribution in [0.15, 0.2) is 97.1 Å². The molecule has 0 heterocycles. The van der Waals surface area contributed by atoms with Gasteiger partial charge in [-0.1, -0.05) is 175 Å². The van der Waals surface area contributed by atoms with Gasteiger partial charge in [-0.05, 0) is 68.5 Å². The van der Waals surface area contributed by atoms with E-state index in [0.29, 0.717) is 23.7 Å². The van der Waals surface area contributed by atoms with E-state index < -0.39 is 0 Å². The minimum atomic E-state index is 0. The maximum atomic E-state index is 2.50. The Hall–Kier alpha value is -1.83. The summed E-state index contributed by atoms with van der Waals surface area (Å²) in [6.07, 6.45) is 25.5. The van der Waals surface area contributed by atoms with Crippen molar-refractivity contribution in [3.8, 4) is 11.1 Å². The normalized spacial score (nSPS) is 16.9. The van der Waals surface area contributed by atoms with Crippen molar-refractivity contribution in [1.82, 2.24) is 0 Å². The van der Waals surface area contributed by atoms with E-state index >= 15 is 0 Å². The van der Waals surface area contributed by atoms with Crippen LogP contribution in [0.1, 0.15) is 108 Å². The molecule has 0 amide bonds. The third-order valence-corrected chi connectivity index (χ3v) is 10.4. The second kappa shape index (κ2) is 18.5. The minimum Gasteiger partial charge on any atom is -1.00 e. The van der Waals surface area contributed by atoms with Crippen LogP contribution in [0, 0.1) is 17.8 Å². The number of hydrogen-bond acceptors (Lipinski definition) is 0. The molecule has 0 aliphatic heterocycles. The number of rotatable bonds is 15. The Morgan fingerprint density at radius 1 is 0.578 bits per heavy atom. The second-order valence-electron chi connectivity index (χ2n) is 13.0. The largest absolute Gasteiger partial charge is 2.00 e. The molecule has 3 aromatic carbocycles. The molecule has 0 N–H and O–H groups in total. The van der Waals surface area contributed by atoms with Gasteiger partial charge in [0.25, 0.3) is 0 Å². The molecule has 3 unspecified atom stereocenters. The van der Waals surface area contributed by atoms with E-state index in [1.807, 2.05) is 0 Å². The third kappa shape index (κ3) is 8.01. The molecule has 3 aliphatic rings. The summed E-state index contributed by atoms with van der Waals surface area (Å²) in [7, 11) is 0. The fraction of sp³-hybridized carbons (Fsp3) is 0.429. The van der Waals surface area contributed by atoms with Crippen LogP contribution >= 0.6 is 0 Å².